The molecule has 0 aromatic heterocycles. The van der Waals surface area contributed by atoms with E-state index in [4.69, 9.17) is 0 Å². The van der Waals surface area contributed by atoms with Crippen LogP contribution in [0.15, 0.2) is 119 Å². The van der Waals surface area contributed by atoms with E-state index in [1.54, 1.807) is 32.2 Å². The molecule has 0 aliphatic rings. The van der Waals surface area contributed by atoms with Crippen LogP contribution in [-0.2, 0) is 10.0 Å². The van der Waals surface area contributed by atoms with E-state index in [-0.39, 0.29) is 10.5 Å². The first-order valence-electron chi connectivity index (χ1n) is 12.4. The smallest absolute Gasteiger partial charge is 0.271 e. The van der Waals surface area contributed by atoms with Crippen LogP contribution in [0, 0.1) is 0 Å². The zero-order valence-electron chi connectivity index (χ0n) is 21.4. The van der Waals surface area contributed by atoms with Gasteiger partial charge in [-0.1, -0.05) is 68.4 Å². The Bertz CT molecular complexity index is 1450. The van der Waals surface area contributed by atoms with Crippen LogP contribution >= 0.6 is 0 Å². The number of benzene rings is 4. The van der Waals surface area contributed by atoms with Crippen LogP contribution in [0.25, 0.3) is 0 Å². The Morgan fingerprint density at radius 2 is 1.32 bits per heavy atom. The molecule has 0 fully saturated rings. The van der Waals surface area contributed by atoms with E-state index < -0.39 is 15.9 Å². The summed E-state index contributed by atoms with van der Waals surface area (Å²) in [5.74, 6) is -0.492. The molecule has 0 saturated carbocycles. The lowest BCUT2D eigenvalue weighted by molar-refractivity contribution is 0.0955. The van der Waals surface area contributed by atoms with E-state index in [9.17, 15) is 13.2 Å². The highest BCUT2D eigenvalue weighted by atomic mass is 32.2. The molecule has 7 nitrogen and oxygen atoms in total. The van der Waals surface area contributed by atoms with Gasteiger partial charge in [0.05, 0.1) is 11.1 Å². The molecule has 1 amide bonds. The van der Waals surface area contributed by atoms with Gasteiger partial charge in [-0.05, 0) is 60.2 Å². The predicted octanol–water partition coefficient (Wildman–Crippen LogP) is 5.95. The molecule has 1 N–H and O–H groups in total. The van der Waals surface area contributed by atoms with Gasteiger partial charge in [-0.2, -0.15) is 9.41 Å². The predicted molar refractivity (Wildman–Crippen MR) is 153 cm³/mol. The van der Waals surface area contributed by atoms with Gasteiger partial charge in [-0.25, -0.2) is 13.8 Å². The number of hydrogen-bond acceptors (Lipinski definition) is 5. The van der Waals surface area contributed by atoms with Crippen molar-refractivity contribution in [2.75, 3.05) is 18.0 Å². The van der Waals surface area contributed by atoms with Gasteiger partial charge in [0.25, 0.3) is 5.91 Å². The summed E-state index contributed by atoms with van der Waals surface area (Å²) < 4.78 is 26.9. The molecule has 0 aliphatic carbocycles. The number of hydrazone groups is 1. The number of carbonyl (C=O) groups excluding carboxylic acids is 1. The second-order valence-corrected chi connectivity index (χ2v) is 10.4. The monoisotopic (exact) mass is 526 g/mol. The summed E-state index contributed by atoms with van der Waals surface area (Å²) in [4.78, 5) is 14.9. The fourth-order valence-corrected chi connectivity index (χ4v) is 5.56. The molecule has 0 aliphatic heterocycles. The summed E-state index contributed by atoms with van der Waals surface area (Å²) in [6, 6.07) is 34.0. The fourth-order valence-electron chi connectivity index (χ4n) is 4.05. The van der Waals surface area contributed by atoms with Gasteiger partial charge in [0.2, 0.25) is 10.0 Å². The molecule has 0 heterocycles. The van der Waals surface area contributed by atoms with Gasteiger partial charge in [-0.15, -0.1) is 0 Å². The van der Waals surface area contributed by atoms with Gasteiger partial charge < -0.3 is 4.90 Å². The topological polar surface area (TPSA) is 82.1 Å². The minimum absolute atomic E-state index is 0.0785. The number of nitrogens with zero attached hydrogens (tertiary/aromatic N) is 3. The van der Waals surface area contributed by atoms with Crippen molar-refractivity contribution in [1.29, 1.82) is 0 Å². The third kappa shape index (κ3) is 6.16. The van der Waals surface area contributed by atoms with Crippen molar-refractivity contribution in [1.82, 2.24) is 9.73 Å². The number of amides is 1. The maximum atomic E-state index is 12.8. The summed E-state index contributed by atoms with van der Waals surface area (Å²) in [6.07, 6.45) is 1.55. The van der Waals surface area contributed by atoms with Gasteiger partial charge in [0.15, 0.2) is 0 Å². The molecule has 0 radical (unpaired) electrons. The summed E-state index contributed by atoms with van der Waals surface area (Å²) in [7, 11) is -3.66. The quantitative estimate of drug-likeness (QED) is 0.204. The molecule has 38 heavy (non-hydrogen) atoms. The summed E-state index contributed by atoms with van der Waals surface area (Å²) >= 11 is 0. The molecule has 194 valence electrons. The average Bonchev–Trinajstić information content (AvgIpc) is 2.96. The average molecular weight is 527 g/mol. The van der Waals surface area contributed by atoms with E-state index in [1.165, 1.54) is 16.4 Å². The molecule has 0 unspecified atom stereocenters. The van der Waals surface area contributed by atoms with Crippen LogP contribution in [0.5, 0.6) is 0 Å². The molecular weight excluding hydrogens is 496 g/mol. The standard InChI is InChI=1S/C30H30N4O3S/c1-3-33(4-2)38(36,37)29-17-11-12-25(22-29)30(35)32-31-23-24-18-20-28(21-19-24)34(26-13-7-5-8-14-26)27-15-9-6-10-16-27/h5-23H,3-4H2,1-2H3,(H,32,35). The van der Waals surface area contributed by atoms with E-state index in [0.29, 0.717) is 13.1 Å². The number of para-hydroxylation sites is 2. The lowest BCUT2D eigenvalue weighted by atomic mass is 10.1. The van der Waals surface area contributed by atoms with Crippen molar-refractivity contribution in [3.05, 3.63) is 120 Å². The number of sulfonamides is 1. The van der Waals surface area contributed by atoms with E-state index >= 15 is 0 Å². The van der Waals surface area contributed by atoms with Gasteiger partial charge in [0, 0.05) is 35.7 Å². The van der Waals surface area contributed by atoms with Crippen molar-refractivity contribution < 1.29 is 13.2 Å². The maximum absolute atomic E-state index is 12.8. The number of anilines is 3. The Hall–Kier alpha value is -4.27. The lowest BCUT2D eigenvalue weighted by Gasteiger charge is -2.25. The Labute approximate surface area is 224 Å². The molecule has 8 heteroatoms. The van der Waals surface area contributed by atoms with Crippen molar-refractivity contribution in [3.8, 4) is 0 Å². The highest BCUT2D eigenvalue weighted by Gasteiger charge is 2.22. The Kier molecular flexibility index (Phi) is 8.68. The highest BCUT2D eigenvalue weighted by molar-refractivity contribution is 7.89. The van der Waals surface area contributed by atoms with Crippen molar-refractivity contribution >= 4 is 39.2 Å². The molecule has 0 spiro atoms. The number of carbonyl (C=O) groups is 1. The van der Waals surface area contributed by atoms with Crippen LogP contribution < -0.4 is 10.3 Å². The van der Waals surface area contributed by atoms with Crippen LogP contribution in [0.1, 0.15) is 29.8 Å². The number of rotatable bonds is 10. The second kappa shape index (κ2) is 12.3. The summed E-state index contributed by atoms with van der Waals surface area (Å²) in [6.45, 7) is 4.26. The van der Waals surface area contributed by atoms with E-state index in [2.05, 4.69) is 39.7 Å². The Morgan fingerprint density at radius 1 is 0.763 bits per heavy atom. The zero-order chi connectivity index (χ0) is 27.0. The van der Waals surface area contributed by atoms with Crippen molar-refractivity contribution in [2.24, 2.45) is 5.10 Å². The second-order valence-electron chi connectivity index (χ2n) is 8.41. The molecule has 0 bridgehead atoms. The van der Waals surface area contributed by atoms with Crippen LogP contribution in [0.2, 0.25) is 0 Å². The van der Waals surface area contributed by atoms with E-state index in [1.807, 2.05) is 60.7 Å². The largest absolute Gasteiger partial charge is 0.311 e. The SMILES string of the molecule is CCN(CC)S(=O)(=O)c1cccc(C(=O)NN=Cc2ccc(N(c3ccccc3)c3ccccc3)cc2)c1. The number of hydrogen-bond donors (Lipinski definition) is 1. The van der Waals surface area contributed by atoms with Gasteiger partial charge >= 0.3 is 0 Å². The minimum Gasteiger partial charge on any atom is -0.311 e. The lowest BCUT2D eigenvalue weighted by Crippen LogP contribution is -2.30. The Balaban J connectivity index is 1.48. The fraction of sp³-hybridized carbons (Fsp3) is 0.133. The summed E-state index contributed by atoms with van der Waals surface area (Å²) in [5, 5.41) is 4.07. The molecule has 4 rings (SSSR count). The molecule has 4 aromatic rings. The first-order chi connectivity index (χ1) is 18.4. The molecular formula is C30H30N4O3S. The molecule has 4 aromatic carbocycles. The first kappa shape index (κ1) is 26.8. The third-order valence-corrected chi connectivity index (χ3v) is 8.05. The highest BCUT2D eigenvalue weighted by Crippen LogP contribution is 2.33. The Morgan fingerprint density at radius 3 is 1.87 bits per heavy atom. The van der Waals surface area contributed by atoms with E-state index in [0.717, 1.165) is 22.6 Å². The van der Waals surface area contributed by atoms with Crippen LogP contribution in [0.3, 0.4) is 0 Å². The third-order valence-electron chi connectivity index (χ3n) is 6.00. The van der Waals surface area contributed by atoms with Crippen molar-refractivity contribution in [2.45, 2.75) is 18.7 Å². The summed E-state index contributed by atoms with van der Waals surface area (Å²) in [5.41, 5.74) is 6.56. The first-order valence-corrected chi connectivity index (χ1v) is 13.8. The molecule has 0 saturated heterocycles. The van der Waals surface area contributed by atoms with Crippen LogP contribution in [-0.4, -0.2) is 37.9 Å². The van der Waals surface area contributed by atoms with Crippen molar-refractivity contribution in [3.63, 3.8) is 0 Å². The zero-order valence-corrected chi connectivity index (χ0v) is 22.2. The normalized spacial score (nSPS) is 11.6. The number of nitrogens with one attached hydrogen (secondary N) is 1. The van der Waals surface area contributed by atoms with Gasteiger partial charge in [0.1, 0.15) is 0 Å². The van der Waals surface area contributed by atoms with Crippen LogP contribution in [0.4, 0.5) is 17.1 Å². The van der Waals surface area contributed by atoms with Gasteiger partial charge in [-0.3, -0.25) is 4.79 Å². The molecule has 0 atom stereocenters. The maximum Gasteiger partial charge on any atom is 0.271 e. The minimum atomic E-state index is -3.66.